The minimum atomic E-state index is 0.0361. The Kier molecular flexibility index (Phi) is 2.74. The number of phenolic OH excluding ortho intramolecular Hbond substituents is 1. The fraction of sp³-hybridized carbons (Fsp3) is 0.100. The molecule has 84 valence electrons. The number of aromatic amines is 1. The number of nitrogens with two attached hydrogens (primary N) is 1. The van der Waals surface area contributed by atoms with Crippen molar-refractivity contribution in [1.82, 2.24) is 10.2 Å². The van der Waals surface area contributed by atoms with Gasteiger partial charge in [-0.15, -0.1) is 0 Å². The number of halogens is 1. The molecule has 0 fully saturated rings. The van der Waals surface area contributed by atoms with Gasteiger partial charge in [-0.1, -0.05) is 0 Å². The van der Waals surface area contributed by atoms with Gasteiger partial charge in [-0.25, -0.2) is 0 Å². The molecule has 6 heteroatoms. The molecule has 1 aromatic carbocycles. The summed E-state index contributed by atoms with van der Waals surface area (Å²) in [6.07, 6.45) is 1.52. The van der Waals surface area contributed by atoms with Crippen molar-refractivity contribution in [3.05, 3.63) is 22.8 Å². The Labute approximate surface area is 100 Å². The van der Waals surface area contributed by atoms with Crippen LogP contribution in [-0.4, -0.2) is 22.4 Å². The van der Waals surface area contributed by atoms with E-state index in [1.165, 1.54) is 13.3 Å². The van der Waals surface area contributed by atoms with E-state index in [0.717, 1.165) is 5.56 Å². The van der Waals surface area contributed by atoms with Gasteiger partial charge < -0.3 is 15.6 Å². The van der Waals surface area contributed by atoms with Gasteiger partial charge in [-0.2, -0.15) is 5.10 Å². The number of nitrogens with zero attached hydrogens (tertiary/aromatic N) is 1. The summed E-state index contributed by atoms with van der Waals surface area (Å²) < 4.78 is 5.51. The van der Waals surface area contributed by atoms with Crippen LogP contribution in [0.4, 0.5) is 5.69 Å². The van der Waals surface area contributed by atoms with E-state index in [1.807, 2.05) is 0 Å². The van der Waals surface area contributed by atoms with Crippen molar-refractivity contribution in [2.75, 3.05) is 12.8 Å². The van der Waals surface area contributed by atoms with E-state index in [4.69, 9.17) is 10.5 Å². The second-order valence-electron chi connectivity index (χ2n) is 3.18. The molecule has 0 saturated heterocycles. The van der Waals surface area contributed by atoms with E-state index in [1.54, 1.807) is 12.1 Å². The smallest absolute Gasteiger partial charge is 0.172 e. The second kappa shape index (κ2) is 4.05. The molecule has 0 saturated carbocycles. The molecule has 0 radical (unpaired) electrons. The van der Waals surface area contributed by atoms with E-state index >= 15 is 0 Å². The van der Waals surface area contributed by atoms with Gasteiger partial charge in [0.15, 0.2) is 11.5 Å². The van der Waals surface area contributed by atoms with Gasteiger partial charge in [-0.05, 0) is 28.1 Å². The Morgan fingerprint density at radius 3 is 2.81 bits per heavy atom. The number of methoxy groups -OCH3 is 1. The van der Waals surface area contributed by atoms with Crippen LogP contribution in [0.2, 0.25) is 0 Å². The van der Waals surface area contributed by atoms with Crippen LogP contribution in [0.15, 0.2) is 22.8 Å². The van der Waals surface area contributed by atoms with Gasteiger partial charge in [-0.3, -0.25) is 5.10 Å². The van der Waals surface area contributed by atoms with Crippen molar-refractivity contribution < 1.29 is 9.84 Å². The predicted octanol–water partition coefficient (Wildman–Crippen LogP) is 2.14. The van der Waals surface area contributed by atoms with Crippen molar-refractivity contribution in [3.63, 3.8) is 0 Å². The molecule has 1 aromatic heterocycles. The van der Waals surface area contributed by atoms with Crippen LogP contribution in [0.3, 0.4) is 0 Å². The van der Waals surface area contributed by atoms with Gasteiger partial charge in [0.25, 0.3) is 0 Å². The molecular weight excluding hydrogens is 274 g/mol. The summed E-state index contributed by atoms with van der Waals surface area (Å²) in [5, 5.41) is 16.4. The Morgan fingerprint density at radius 2 is 2.25 bits per heavy atom. The molecule has 2 aromatic rings. The fourth-order valence-corrected chi connectivity index (χ4v) is 1.94. The lowest BCUT2D eigenvalue weighted by atomic mass is 10.1. The van der Waals surface area contributed by atoms with Crippen LogP contribution in [0.25, 0.3) is 11.3 Å². The highest BCUT2D eigenvalue weighted by Crippen LogP contribution is 2.41. The van der Waals surface area contributed by atoms with Crippen molar-refractivity contribution in [3.8, 4) is 22.8 Å². The Hall–Kier alpha value is -1.69. The van der Waals surface area contributed by atoms with Gasteiger partial charge >= 0.3 is 0 Å². The monoisotopic (exact) mass is 283 g/mol. The zero-order chi connectivity index (χ0) is 11.7. The summed E-state index contributed by atoms with van der Waals surface area (Å²) in [7, 11) is 1.49. The molecule has 0 amide bonds. The second-order valence-corrected chi connectivity index (χ2v) is 3.97. The number of aromatic nitrogens is 2. The molecular formula is C10H10BrN3O2. The quantitative estimate of drug-likeness (QED) is 0.788. The number of phenols is 1. The number of hydrogen-bond donors (Lipinski definition) is 3. The maximum Gasteiger partial charge on any atom is 0.172 e. The molecule has 0 unspecified atom stereocenters. The van der Waals surface area contributed by atoms with Gasteiger partial charge in [0.2, 0.25) is 0 Å². The number of hydrogen-bond acceptors (Lipinski definition) is 4. The van der Waals surface area contributed by atoms with Crippen LogP contribution in [-0.2, 0) is 0 Å². The molecule has 0 aliphatic carbocycles. The van der Waals surface area contributed by atoms with Crippen LogP contribution in [0.5, 0.6) is 11.5 Å². The molecule has 0 bridgehead atoms. The third-order valence-corrected chi connectivity index (χ3v) is 3.04. The van der Waals surface area contributed by atoms with Gasteiger partial charge in [0.05, 0.1) is 29.2 Å². The normalized spacial score (nSPS) is 10.4. The Bertz CT molecular complexity index is 525. The number of benzene rings is 1. The highest BCUT2D eigenvalue weighted by atomic mass is 79.9. The first-order valence-corrected chi connectivity index (χ1v) is 5.29. The zero-order valence-electron chi connectivity index (χ0n) is 8.49. The fourth-order valence-electron chi connectivity index (χ4n) is 1.42. The summed E-state index contributed by atoms with van der Waals surface area (Å²) in [5.74, 6) is 0.433. The number of ether oxygens (including phenoxy) is 1. The number of anilines is 1. The maximum absolute atomic E-state index is 9.82. The van der Waals surface area contributed by atoms with Crippen molar-refractivity contribution in [2.24, 2.45) is 0 Å². The number of aromatic hydroxyl groups is 1. The highest BCUT2D eigenvalue weighted by molar-refractivity contribution is 9.10. The molecule has 16 heavy (non-hydrogen) atoms. The average molecular weight is 284 g/mol. The lowest BCUT2D eigenvalue weighted by Gasteiger charge is -2.09. The number of rotatable bonds is 2. The first kappa shape index (κ1) is 10.8. The zero-order valence-corrected chi connectivity index (χ0v) is 10.1. The lowest BCUT2D eigenvalue weighted by molar-refractivity contribution is 0.372. The molecule has 0 aliphatic rings. The number of H-pyrrole nitrogens is 1. The third kappa shape index (κ3) is 1.61. The maximum atomic E-state index is 9.82. The van der Waals surface area contributed by atoms with Crippen LogP contribution in [0, 0.1) is 0 Å². The molecule has 0 spiro atoms. The van der Waals surface area contributed by atoms with Crippen LogP contribution < -0.4 is 10.5 Å². The third-order valence-electron chi connectivity index (χ3n) is 2.24. The molecule has 1 heterocycles. The topological polar surface area (TPSA) is 84.2 Å². The standard InChI is InChI=1S/C10H10BrN3O2/c1-16-7-3-2-5(8(11)10(7)15)9-6(12)4-13-14-9/h2-4,15H,12H2,1H3,(H,13,14). The van der Waals surface area contributed by atoms with Crippen molar-refractivity contribution in [2.45, 2.75) is 0 Å². The summed E-state index contributed by atoms with van der Waals surface area (Å²) >= 11 is 3.29. The molecule has 2 rings (SSSR count). The highest BCUT2D eigenvalue weighted by Gasteiger charge is 2.14. The number of nitrogen functional groups attached to an aromatic ring is 1. The molecule has 4 N–H and O–H groups in total. The van der Waals surface area contributed by atoms with Crippen LogP contribution >= 0.6 is 15.9 Å². The summed E-state index contributed by atoms with van der Waals surface area (Å²) in [4.78, 5) is 0. The van der Waals surface area contributed by atoms with E-state index < -0.39 is 0 Å². The molecule has 5 nitrogen and oxygen atoms in total. The summed E-state index contributed by atoms with van der Waals surface area (Å²) in [6, 6.07) is 3.45. The number of nitrogens with one attached hydrogen (secondary N) is 1. The van der Waals surface area contributed by atoms with E-state index in [-0.39, 0.29) is 5.75 Å². The van der Waals surface area contributed by atoms with E-state index in [2.05, 4.69) is 26.1 Å². The summed E-state index contributed by atoms with van der Waals surface area (Å²) in [6.45, 7) is 0. The first-order valence-electron chi connectivity index (χ1n) is 4.49. The minimum absolute atomic E-state index is 0.0361. The van der Waals surface area contributed by atoms with E-state index in [9.17, 15) is 5.11 Å². The first-order chi connectivity index (χ1) is 7.65. The van der Waals surface area contributed by atoms with Crippen molar-refractivity contribution >= 4 is 21.6 Å². The molecule has 0 aliphatic heterocycles. The lowest BCUT2D eigenvalue weighted by Crippen LogP contribution is -1.90. The summed E-state index contributed by atoms with van der Waals surface area (Å²) in [5.41, 5.74) is 7.64. The SMILES string of the molecule is COc1ccc(-c2[nH]ncc2N)c(Br)c1O. The molecule has 0 atom stereocenters. The largest absolute Gasteiger partial charge is 0.503 e. The Morgan fingerprint density at radius 1 is 1.50 bits per heavy atom. The van der Waals surface area contributed by atoms with Gasteiger partial charge in [0, 0.05) is 5.56 Å². The van der Waals surface area contributed by atoms with Crippen molar-refractivity contribution in [1.29, 1.82) is 0 Å². The average Bonchev–Trinajstić information content (AvgIpc) is 2.69. The van der Waals surface area contributed by atoms with Gasteiger partial charge in [0.1, 0.15) is 0 Å². The predicted molar refractivity (Wildman–Crippen MR) is 64.4 cm³/mol. The van der Waals surface area contributed by atoms with E-state index in [0.29, 0.717) is 21.6 Å². The van der Waals surface area contributed by atoms with Crippen LogP contribution in [0.1, 0.15) is 0 Å². The Balaban J connectivity index is 2.60. The minimum Gasteiger partial charge on any atom is -0.503 e.